The zero-order valence-corrected chi connectivity index (χ0v) is 19.5. The number of benzene rings is 1. The normalized spacial score (nSPS) is 13.7. The summed E-state index contributed by atoms with van der Waals surface area (Å²) in [6.45, 7) is 21.7. The lowest BCUT2D eigenvalue weighted by Gasteiger charge is -2.39. The smallest absolute Gasteiger partial charge is 0.250 e. The monoisotopic (exact) mass is 378 g/mol. The molecule has 3 nitrogen and oxygen atoms in total. The Kier molecular flexibility index (Phi) is 6.52. The van der Waals surface area contributed by atoms with Crippen LogP contribution in [0.15, 0.2) is 18.2 Å². The van der Waals surface area contributed by atoms with E-state index in [9.17, 15) is 4.79 Å². The summed E-state index contributed by atoms with van der Waals surface area (Å²) < 4.78 is 12.8. The van der Waals surface area contributed by atoms with Crippen molar-refractivity contribution in [2.75, 3.05) is 0 Å². The maximum Gasteiger partial charge on any atom is 0.250 e. The van der Waals surface area contributed by atoms with Gasteiger partial charge >= 0.3 is 0 Å². The number of hydrogen-bond donors (Lipinski definition) is 0. The van der Waals surface area contributed by atoms with Gasteiger partial charge in [-0.05, 0) is 55.2 Å². The molecule has 2 radical (unpaired) electrons. The van der Waals surface area contributed by atoms with E-state index in [-0.39, 0.29) is 10.1 Å². The first-order valence-electron chi connectivity index (χ1n) is 8.83. The molecule has 1 aromatic carbocycles. The Morgan fingerprint density at radius 2 is 1.56 bits per heavy atom. The molecular weight excluding hydrogens is 344 g/mol. The third-order valence-electron chi connectivity index (χ3n) is 4.57. The zero-order chi connectivity index (χ0) is 19.7. The van der Waals surface area contributed by atoms with E-state index >= 15 is 0 Å². The Bertz CT molecular complexity index is 608. The first-order chi connectivity index (χ1) is 11.1. The van der Waals surface area contributed by atoms with Crippen LogP contribution in [0.1, 0.15) is 71.3 Å². The second kappa shape index (κ2) is 7.37. The number of aldehydes is 1. The van der Waals surface area contributed by atoms with Crippen LogP contribution in [-0.2, 0) is 10.0 Å². The molecule has 0 amide bonds. The molecule has 140 valence electrons. The van der Waals surface area contributed by atoms with E-state index in [0.717, 1.165) is 17.6 Å². The molecule has 0 N–H and O–H groups in total. The van der Waals surface area contributed by atoms with Gasteiger partial charge in [0.2, 0.25) is 18.1 Å². The van der Waals surface area contributed by atoms with Crippen LogP contribution in [0.4, 0.5) is 0 Å². The van der Waals surface area contributed by atoms with E-state index in [0.29, 0.717) is 15.3 Å². The molecule has 1 aromatic rings. The first kappa shape index (κ1) is 22.1. The zero-order valence-electron chi connectivity index (χ0n) is 17.5. The highest BCUT2D eigenvalue weighted by Gasteiger charge is 2.40. The third-order valence-corrected chi connectivity index (χ3v) is 10.1. The van der Waals surface area contributed by atoms with Crippen LogP contribution >= 0.6 is 0 Å². The minimum Gasteiger partial charge on any atom is -0.543 e. The van der Waals surface area contributed by atoms with Crippen LogP contribution < -0.4 is 4.43 Å². The molecule has 0 bridgehead atoms. The summed E-state index contributed by atoms with van der Waals surface area (Å²) in [5, 5.41) is 0.200. The van der Waals surface area contributed by atoms with Gasteiger partial charge < -0.3 is 8.85 Å². The van der Waals surface area contributed by atoms with E-state index in [2.05, 4.69) is 54.6 Å². The van der Waals surface area contributed by atoms with Crippen molar-refractivity contribution in [3.63, 3.8) is 0 Å². The molecule has 0 atom stereocenters. The summed E-state index contributed by atoms with van der Waals surface area (Å²) in [6.07, 6.45) is 0.877. The summed E-state index contributed by atoms with van der Waals surface area (Å²) in [6, 6.07) is 5.65. The molecule has 0 saturated heterocycles. The molecule has 0 aliphatic rings. The Labute approximate surface area is 157 Å². The second-order valence-corrected chi connectivity index (χ2v) is 16.3. The van der Waals surface area contributed by atoms with Crippen LogP contribution in [-0.4, -0.2) is 24.4 Å². The fourth-order valence-electron chi connectivity index (χ4n) is 1.94. The van der Waals surface area contributed by atoms with Crippen molar-refractivity contribution in [3.05, 3.63) is 29.3 Å². The largest absolute Gasteiger partial charge is 0.543 e. The van der Waals surface area contributed by atoms with E-state index in [4.69, 9.17) is 8.85 Å². The lowest BCUT2D eigenvalue weighted by Crippen LogP contribution is -2.44. The molecule has 0 saturated carbocycles. The Balaban J connectivity index is 3.30. The maximum absolute atomic E-state index is 11.3. The lowest BCUT2D eigenvalue weighted by molar-refractivity contribution is 0.107. The average Bonchev–Trinajstić information content (AvgIpc) is 2.43. The highest BCUT2D eigenvalue weighted by Crippen LogP contribution is 2.41. The van der Waals surface area contributed by atoms with Gasteiger partial charge in [-0.15, -0.1) is 0 Å². The predicted molar refractivity (Wildman–Crippen MR) is 109 cm³/mol. The van der Waals surface area contributed by atoms with Gasteiger partial charge in [0.15, 0.2) is 0 Å². The van der Waals surface area contributed by atoms with Gasteiger partial charge in [0.1, 0.15) is 12.0 Å². The van der Waals surface area contributed by atoms with Gasteiger partial charge in [-0.1, -0.05) is 41.5 Å². The summed E-state index contributed by atoms with van der Waals surface area (Å²) in [5.74, 6) is 0.834. The Morgan fingerprint density at radius 3 is 2.00 bits per heavy atom. The maximum atomic E-state index is 11.3. The topological polar surface area (TPSA) is 35.5 Å². The summed E-state index contributed by atoms with van der Waals surface area (Å²) in [4.78, 5) is 11.3. The van der Waals surface area contributed by atoms with Gasteiger partial charge in [-0.2, -0.15) is 0 Å². The molecule has 0 unspecified atom stereocenters. The van der Waals surface area contributed by atoms with Crippen LogP contribution in [0, 0.1) is 0 Å². The van der Waals surface area contributed by atoms with Crippen molar-refractivity contribution < 1.29 is 13.6 Å². The molecule has 1 rings (SSSR count). The summed E-state index contributed by atoms with van der Waals surface area (Å²) >= 11 is 0. The average molecular weight is 379 g/mol. The van der Waals surface area contributed by atoms with E-state index < -0.39 is 13.9 Å². The van der Waals surface area contributed by atoms with Gasteiger partial charge in [0.05, 0.1) is 5.60 Å². The van der Waals surface area contributed by atoms with E-state index in [1.54, 1.807) is 0 Å². The fourth-order valence-corrected chi connectivity index (χ4v) is 3.65. The molecule has 0 aromatic heterocycles. The Morgan fingerprint density at radius 1 is 1.00 bits per heavy atom. The fraction of sp³-hybridized carbons (Fsp3) is 0.650. The Hall–Kier alpha value is -0.916. The predicted octanol–water partition coefficient (Wildman–Crippen LogP) is 5.97. The minimum atomic E-state index is -1.98. The standard InChI is InChI=1S/C20H34O3Si2/c1-18(2,3)24-23-20(7,8)16-13-15(14-21)11-12-17(16)22-25(9,10)19(4,5)6/h11-14H,1-10H3. The number of hydrogen-bond acceptors (Lipinski definition) is 3. The summed E-state index contributed by atoms with van der Waals surface area (Å²) in [5.41, 5.74) is 1.06. The van der Waals surface area contributed by atoms with Crippen LogP contribution in [0.5, 0.6) is 5.75 Å². The van der Waals surface area contributed by atoms with Crippen molar-refractivity contribution in [1.29, 1.82) is 0 Å². The molecule has 25 heavy (non-hydrogen) atoms. The van der Waals surface area contributed by atoms with E-state index in [1.807, 2.05) is 32.0 Å². The van der Waals surface area contributed by atoms with Crippen LogP contribution in [0.25, 0.3) is 0 Å². The number of rotatable bonds is 6. The van der Waals surface area contributed by atoms with Gasteiger partial charge in [0, 0.05) is 11.1 Å². The molecule has 5 heteroatoms. The van der Waals surface area contributed by atoms with E-state index in [1.165, 1.54) is 0 Å². The van der Waals surface area contributed by atoms with Crippen LogP contribution in [0.2, 0.25) is 23.2 Å². The molecule has 0 aliphatic carbocycles. The number of carbonyl (C=O) groups is 1. The molecular formula is C20H34O3Si2. The molecule has 0 fully saturated rings. The highest BCUT2D eigenvalue weighted by atomic mass is 28.4. The highest BCUT2D eigenvalue weighted by molar-refractivity contribution is 6.74. The third kappa shape index (κ3) is 6.08. The van der Waals surface area contributed by atoms with Gasteiger partial charge in [-0.3, -0.25) is 4.79 Å². The van der Waals surface area contributed by atoms with Crippen molar-refractivity contribution in [2.24, 2.45) is 0 Å². The second-order valence-electron chi connectivity index (χ2n) is 9.70. The SMILES string of the molecule is CC(C)(C)[Si]OC(C)(C)c1cc(C=O)ccc1O[Si](C)(C)C(C)(C)C. The molecule has 0 spiro atoms. The van der Waals surface area contributed by atoms with Crippen LogP contribution in [0.3, 0.4) is 0 Å². The van der Waals surface area contributed by atoms with Crippen molar-refractivity contribution >= 4 is 24.4 Å². The number of carbonyl (C=O) groups excluding carboxylic acids is 1. The lowest BCUT2D eigenvalue weighted by atomic mass is 9.96. The van der Waals surface area contributed by atoms with Crippen molar-refractivity contribution in [3.8, 4) is 5.75 Å². The quantitative estimate of drug-likeness (QED) is 0.452. The first-order valence-corrected chi connectivity index (χ1v) is 12.6. The molecule has 0 aliphatic heterocycles. The van der Waals surface area contributed by atoms with Crippen molar-refractivity contribution in [2.45, 2.75) is 84.2 Å². The minimum absolute atomic E-state index is 0.0972. The molecule has 0 heterocycles. The summed E-state index contributed by atoms with van der Waals surface area (Å²) in [7, 11) is -1.63. The van der Waals surface area contributed by atoms with Gasteiger partial charge in [-0.25, -0.2) is 0 Å². The van der Waals surface area contributed by atoms with Gasteiger partial charge in [0.25, 0.3) is 0 Å². The van der Waals surface area contributed by atoms with Crippen molar-refractivity contribution in [1.82, 2.24) is 0 Å².